The minimum atomic E-state index is -1.59. The number of hydrogen-bond donors (Lipinski definition) is 8. The smallest absolute Gasteiger partial charge is 0.239 e. The average Bonchev–Trinajstić information content (AvgIpc) is 3.50. The Hall–Kier alpha value is -2.91. The fraction of sp³-hybridized carbons (Fsp3) is 0.767. The number of amides is 2. The number of carbonyl (C=O) groups excluding carboxylic acids is 2. The van der Waals surface area contributed by atoms with Crippen LogP contribution in [0.5, 0.6) is 0 Å². The molecule has 1 fully saturated rings. The number of fused-ring (bicyclic) bond motifs is 1. The number of aliphatic hydroxyl groups is 4. The molecule has 1 aliphatic rings. The van der Waals surface area contributed by atoms with Crippen molar-refractivity contribution in [3.05, 3.63) is 12.7 Å². The highest BCUT2D eigenvalue weighted by molar-refractivity contribution is 5.85. The lowest BCUT2D eigenvalue weighted by Gasteiger charge is -2.44. The highest BCUT2D eigenvalue weighted by Crippen LogP contribution is 2.26. The second-order valence-electron chi connectivity index (χ2n) is 12.1. The molecule has 0 spiro atoms. The van der Waals surface area contributed by atoms with Crippen LogP contribution in [0.15, 0.2) is 12.7 Å². The molecular weight excluding hydrogens is 570 g/mol. The summed E-state index contributed by atoms with van der Waals surface area (Å²) in [6, 6.07) is -1.27. The van der Waals surface area contributed by atoms with Crippen molar-refractivity contribution in [2.75, 3.05) is 18.5 Å². The molecule has 2 aromatic rings. The molecule has 14 heteroatoms. The second-order valence-corrected chi connectivity index (χ2v) is 12.1. The topological polar surface area (TPSA) is 215 Å². The highest BCUT2D eigenvalue weighted by Gasteiger charge is 2.48. The number of aromatic nitrogens is 4. The van der Waals surface area contributed by atoms with Gasteiger partial charge in [0.2, 0.25) is 11.8 Å². The average molecular weight is 622 g/mol. The first-order valence-corrected chi connectivity index (χ1v) is 16.0. The van der Waals surface area contributed by atoms with Crippen LogP contribution in [0.25, 0.3) is 11.2 Å². The van der Waals surface area contributed by atoms with Gasteiger partial charge in [-0.25, -0.2) is 15.0 Å². The number of nitrogens with one attached hydrogen (secondary N) is 4. The zero-order valence-electron chi connectivity index (χ0n) is 26.0. The number of nitrogens with zero attached hydrogens (tertiary/aromatic N) is 3. The van der Waals surface area contributed by atoms with Crippen molar-refractivity contribution in [3.63, 3.8) is 0 Å². The van der Waals surface area contributed by atoms with E-state index in [1.54, 1.807) is 0 Å². The summed E-state index contributed by atoms with van der Waals surface area (Å²) in [4.78, 5) is 39.9. The van der Waals surface area contributed by atoms with Gasteiger partial charge in [-0.15, -0.1) is 0 Å². The molecule has 0 bridgehead atoms. The molecule has 0 aromatic carbocycles. The SMILES string of the molecule is CC(C)CCCCCCCCCCCCC(=O)NCC(=O)N[C@H]1[C@@H](O)[C@H](O)[C@H](Nc2ncnc3nc[nH]c23)O[C@@H]1[C@H](O)CO. The van der Waals surface area contributed by atoms with E-state index >= 15 is 0 Å². The molecule has 2 aromatic heterocycles. The molecule has 8 N–H and O–H groups in total. The van der Waals surface area contributed by atoms with Crippen LogP contribution in [0.3, 0.4) is 0 Å². The van der Waals surface area contributed by atoms with Crippen LogP contribution in [-0.4, -0.2) is 102 Å². The number of aliphatic hydroxyl groups excluding tert-OH is 4. The summed E-state index contributed by atoms with van der Waals surface area (Å²) >= 11 is 0. The molecule has 44 heavy (non-hydrogen) atoms. The standard InChI is InChI=1S/C30H51N7O7/c1-19(2)13-11-9-7-5-3-4-6-8-10-12-14-21(40)31-15-22(41)36-23-25(42)26(43)30(44-27(23)20(39)16-38)37-29-24-28(33-17-32-24)34-18-35-29/h17-20,23,25-27,30,38-39,42-43H,3-16H2,1-2H3,(H,31,40)(H,36,41)(H2,32,33,34,35,37)/t20-,23+,25-,26+,27-,30-/m1/s1. The summed E-state index contributed by atoms with van der Waals surface area (Å²) in [5.41, 5.74) is 0.794. The largest absolute Gasteiger partial charge is 0.394 e. The van der Waals surface area contributed by atoms with Gasteiger partial charge in [-0.3, -0.25) is 9.59 Å². The quantitative estimate of drug-likeness (QED) is 0.0992. The lowest BCUT2D eigenvalue weighted by molar-refractivity contribution is -0.204. The van der Waals surface area contributed by atoms with Gasteiger partial charge in [0.15, 0.2) is 17.7 Å². The molecule has 14 nitrogen and oxygen atoms in total. The minimum Gasteiger partial charge on any atom is -0.394 e. The van der Waals surface area contributed by atoms with Crippen molar-refractivity contribution in [2.24, 2.45) is 5.92 Å². The van der Waals surface area contributed by atoms with Crippen molar-refractivity contribution in [1.29, 1.82) is 0 Å². The van der Waals surface area contributed by atoms with E-state index in [-0.39, 0.29) is 18.3 Å². The van der Waals surface area contributed by atoms with E-state index in [2.05, 4.69) is 49.7 Å². The normalized spacial score (nSPS) is 22.7. The maximum Gasteiger partial charge on any atom is 0.239 e. The van der Waals surface area contributed by atoms with Crippen LogP contribution in [-0.2, 0) is 14.3 Å². The maximum atomic E-state index is 12.6. The van der Waals surface area contributed by atoms with Gasteiger partial charge < -0.3 is 46.1 Å². The summed E-state index contributed by atoms with van der Waals surface area (Å²) < 4.78 is 5.79. The van der Waals surface area contributed by atoms with Crippen LogP contribution in [0.4, 0.5) is 5.82 Å². The monoisotopic (exact) mass is 621 g/mol. The molecule has 1 saturated heterocycles. The van der Waals surface area contributed by atoms with Crippen molar-refractivity contribution in [3.8, 4) is 0 Å². The second kappa shape index (κ2) is 18.8. The van der Waals surface area contributed by atoms with E-state index in [9.17, 15) is 30.0 Å². The molecule has 0 aliphatic carbocycles. The third kappa shape index (κ3) is 11.2. The molecule has 0 saturated carbocycles. The number of imidazole rings is 1. The van der Waals surface area contributed by atoms with Crippen LogP contribution in [0, 0.1) is 5.92 Å². The summed E-state index contributed by atoms with van der Waals surface area (Å²) in [6.07, 6.45) is 8.79. The van der Waals surface area contributed by atoms with Crippen molar-refractivity contribution in [2.45, 2.75) is 128 Å². The third-order valence-corrected chi connectivity index (χ3v) is 7.96. The molecule has 0 radical (unpaired) electrons. The Labute approximate surface area is 258 Å². The van der Waals surface area contributed by atoms with E-state index in [0.29, 0.717) is 17.6 Å². The molecule has 1 aliphatic heterocycles. The Bertz CT molecular complexity index is 1130. The number of H-pyrrole nitrogens is 1. The molecule has 248 valence electrons. The fourth-order valence-electron chi connectivity index (χ4n) is 5.41. The lowest BCUT2D eigenvalue weighted by Crippen LogP contribution is -2.68. The molecule has 3 rings (SSSR count). The van der Waals surface area contributed by atoms with E-state index < -0.39 is 49.2 Å². The van der Waals surface area contributed by atoms with Gasteiger partial charge in [0.05, 0.1) is 25.5 Å². The van der Waals surface area contributed by atoms with Crippen LogP contribution >= 0.6 is 0 Å². The summed E-state index contributed by atoms with van der Waals surface area (Å²) in [7, 11) is 0. The zero-order chi connectivity index (χ0) is 31.9. The zero-order valence-corrected chi connectivity index (χ0v) is 26.0. The van der Waals surface area contributed by atoms with Gasteiger partial charge in [0.1, 0.15) is 36.3 Å². The Kier molecular flexibility index (Phi) is 15.2. The van der Waals surface area contributed by atoms with Crippen LogP contribution in [0.2, 0.25) is 0 Å². The first kappa shape index (κ1) is 35.6. The Morgan fingerprint density at radius 3 is 2.25 bits per heavy atom. The van der Waals surface area contributed by atoms with Gasteiger partial charge in [-0.1, -0.05) is 78.1 Å². The van der Waals surface area contributed by atoms with Crippen molar-refractivity contribution in [1.82, 2.24) is 30.6 Å². The van der Waals surface area contributed by atoms with Crippen molar-refractivity contribution < 1.29 is 34.8 Å². The third-order valence-electron chi connectivity index (χ3n) is 7.96. The molecular formula is C30H51N7O7. The fourth-order valence-corrected chi connectivity index (χ4v) is 5.41. The first-order chi connectivity index (χ1) is 21.2. The van der Waals surface area contributed by atoms with Gasteiger partial charge in [0, 0.05) is 6.42 Å². The van der Waals surface area contributed by atoms with E-state index in [1.807, 2.05) is 0 Å². The number of ether oxygens (including phenoxy) is 1. The van der Waals surface area contributed by atoms with Crippen LogP contribution < -0.4 is 16.0 Å². The molecule has 6 atom stereocenters. The molecule has 2 amide bonds. The number of unbranched alkanes of at least 4 members (excludes halogenated alkanes) is 9. The van der Waals surface area contributed by atoms with Gasteiger partial charge in [-0.05, 0) is 12.3 Å². The minimum absolute atomic E-state index is 0.231. The van der Waals surface area contributed by atoms with Crippen LogP contribution in [0.1, 0.15) is 90.9 Å². The molecule has 3 heterocycles. The lowest BCUT2D eigenvalue weighted by atomic mass is 9.92. The number of carbonyl (C=O) groups is 2. The predicted octanol–water partition coefficient (Wildman–Crippen LogP) is 1.50. The Balaban J connectivity index is 1.35. The summed E-state index contributed by atoms with van der Waals surface area (Å²) in [5.74, 6) is 0.126. The van der Waals surface area contributed by atoms with Gasteiger partial charge >= 0.3 is 0 Å². The Morgan fingerprint density at radius 2 is 1.59 bits per heavy atom. The number of anilines is 1. The van der Waals surface area contributed by atoms with Crippen molar-refractivity contribution >= 4 is 28.8 Å². The predicted molar refractivity (Wildman–Crippen MR) is 164 cm³/mol. The maximum absolute atomic E-state index is 12.6. The number of aromatic amines is 1. The van der Waals surface area contributed by atoms with E-state index in [1.165, 1.54) is 57.6 Å². The Morgan fingerprint density at radius 1 is 0.932 bits per heavy atom. The number of rotatable bonds is 20. The van der Waals surface area contributed by atoms with E-state index in [4.69, 9.17) is 4.74 Å². The number of hydrogen-bond acceptors (Lipinski definition) is 11. The summed E-state index contributed by atoms with van der Waals surface area (Å²) in [6.45, 7) is 3.47. The van der Waals surface area contributed by atoms with Gasteiger partial charge in [-0.2, -0.15) is 0 Å². The first-order valence-electron chi connectivity index (χ1n) is 16.0. The summed E-state index contributed by atoms with van der Waals surface area (Å²) in [5, 5.41) is 49.6. The molecule has 0 unspecified atom stereocenters. The highest BCUT2D eigenvalue weighted by atomic mass is 16.5. The van der Waals surface area contributed by atoms with Gasteiger partial charge in [0.25, 0.3) is 0 Å². The van der Waals surface area contributed by atoms with E-state index in [0.717, 1.165) is 31.6 Å².